The van der Waals surface area contributed by atoms with Gasteiger partial charge >= 0.3 is 6.01 Å². The van der Waals surface area contributed by atoms with Gasteiger partial charge in [0, 0.05) is 18.0 Å². The molecule has 1 aromatic carbocycles. The second kappa shape index (κ2) is 10.0. The molecule has 1 aromatic heterocycles. The van der Waals surface area contributed by atoms with Crippen LogP contribution in [0.15, 0.2) is 36.7 Å². The maximum Gasteiger partial charge on any atom is 0.316 e. The van der Waals surface area contributed by atoms with E-state index >= 15 is 0 Å². The molecule has 4 heteroatoms. The summed E-state index contributed by atoms with van der Waals surface area (Å²) in [5.74, 6) is 0. The van der Waals surface area contributed by atoms with Gasteiger partial charge < -0.3 is 9.84 Å². The van der Waals surface area contributed by atoms with Gasteiger partial charge in [-0.05, 0) is 24.0 Å². The van der Waals surface area contributed by atoms with Crippen molar-refractivity contribution in [2.45, 2.75) is 58.5 Å². The molecule has 0 saturated carbocycles. The van der Waals surface area contributed by atoms with Gasteiger partial charge in [0.1, 0.15) is 0 Å². The van der Waals surface area contributed by atoms with E-state index in [-0.39, 0.29) is 0 Å². The minimum absolute atomic E-state index is 0.419. The summed E-state index contributed by atoms with van der Waals surface area (Å²) in [5, 5.41) is 10.2. The van der Waals surface area contributed by atoms with Crippen LogP contribution < -0.4 is 4.74 Å². The fourth-order valence-electron chi connectivity index (χ4n) is 2.67. The Balaban J connectivity index is 1.95. The van der Waals surface area contributed by atoms with Gasteiger partial charge in [-0.1, -0.05) is 63.8 Å². The highest BCUT2D eigenvalue weighted by Crippen LogP contribution is 2.29. The molecule has 0 amide bonds. The molecule has 24 heavy (non-hydrogen) atoms. The van der Waals surface area contributed by atoms with Gasteiger partial charge in [-0.25, -0.2) is 9.97 Å². The molecule has 0 saturated heterocycles. The summed E-state index contributed by atoms with van der Waals surface area (Å²) < 4.78 is 5.60. The average Bonchev–Trinajstić information content (AvgIpc) is 2.64. The lowest BCUT2D eigenvalue weighted by atomic mass is 9.97. The molecule has 0 aliphatic rings. The number of unbranched alkanes of at least 4 members (excludes halogenated alkanes) is 4. The van der Waals surface area contributed by atoms with Crippen LogP contribution in [0.5, 0.6) is 6.01 Å². The van der Waals surface area contributed by atoms with Crippen LogP contribution in [0, 0.1) is 0 Å². The number of ether oxygens (including phenoxy) is 1. The Labute approximate surface area is 144 Å². The Bertz CT molecular complexity index is 599. The second-order valence-electron chi connectivity index (χ2n) is 6.03. The van der Waals surface area contributed by atoms with E-state index in [2.05, 4.69) is 16.9 Å². The zero-order valence-corrected chi connectivity index (χ0v) is 14.7. The number of hydrogen-bond acceptors (Lipinski definition) is 4. The topological polar surface area (TPSA) is 55.2 Å². The maximum absolute atomic E-state index is 10.2. The Morgan fingerprint density at radius 1 is 1.00 bits per heavy atom. The quantitative estimate of drug-likeness (QED) is 0.628. The Morgan fingerprint density at radius 2 is 1.71 bits per heavy atom. The van der Waals surface area contributed by atoms with Crippen LogP contribution in [0.4, 0.5) is 0 Å². The minimum atomic E-state index is -0.472. The van der Waals surface area contributed by atoms with E-state index in [4.69, 9.17) is 4.74 Å². The van der Waals surface area contributed by atoms with E-state index < -0.39 is 6.10 Å². The van der Waals surface area contributed by atoms with Crippen molar-refractivity contribution in [1.82, 2.24) is 9.97 Å². The number of benzene rings is 1. The van der Waals surface area contributed by atoms with Crippen molar-refractivity contribution in [3.8, 4) is 17.1 Å². The van der Waals surface area contributed by atoms with Crippen molar-refractivity contribution < 1.29 is 9.84 Å². The number of rotatable bonds is 10. The largest absolute Gasteiger partial charge is 0.463 e. The van der Waals surface area contributed by atoms with Crippen molar-refractivity contribution in [2.75, 3.05) is 6.61 Å². The molecule has 1 atom stereocenters. The standard InChI is InChI=1S/C20H28N2O2/c1-3-5-6-7-10-13-24-20-21-14-16(15-22-20)17-11-8-9-12-18(17)19(23)4-2/h8-9,11-12,14-15,19,23H,3-7,10,13H2,1-2H3. The fourth-order valence-corrected chi connectivity index (χ4v) is 2.67. The molecule has 0 bridgehead atoms. The molecule has 4 nitrogen and oxygen atoms in total. The van der Waals surface area contributed by atoms with Crippen molar-refractivity contribution >= 4 is 0 Å². The number of hydrogen-bond donors (Lipinski definition) is 1. The first kappa shape index (κ1) is 18.4. The molecule has 1 unspecified atom stereocenters. The maximum atomic E-state index is 10.2. The average molecular weight is 328 g/mol. The lowest BCUT2D eigenvalue weighted by molar-refractivity contribution is 0.174. The summed E-state index contributed by atoms with van der Waals surface area (Å²) in [5.41, 5.74) is 2.78. The lowest BCUT2D eigenvalue weighted by Crippen LogP contribution is -2.02. The van der Waals surface area contributed by atoms with Gasteiger partial charge in [0.2, 0.25) is 0 Å². The molecule has 0 fully saturated rings. The second-order valence-corrected chi connectivity index (χ2v) is 6.03. The van der Waals surface area contributed by atoms with E-state index in [0.717, 1.165) is 23.1 Å². The Kier molecular flexibility index (Phi) is 7.69. The highest BCUT2D eigenvalue weighted by Gasteiger charge is 2.12. The summed E-state index contributed by atoms with van der Waals surface area (Å²) in [4.78, 5) is 8.60. The predicted octanol–water partition coefficient (Wildman–Crippen LogP) is 4.94. The Hall–Kier alpha value is -1.94. The van der Waals surface area contributed by atoms with Crippen molar-refractivity contribution in [1.29, 1.82) is 0 Å². The van der Waals surface area contributed by atoms with Gasteiger partial charge in [-0.3, -0.25) is 0 Å². The minimum Gasteiger partial charge on any atom is -0.463 e. The first-order valence-corrected chi connectivity index (χ1v) is 8.98. The molecule has 1 N–H and O–H groups in total. The van der Waals surface area contributed by atoms with Crippen molar-refractivity contribution in [3.63, 3.8) is 0 Å². The van der Waals surface area contributed by atoms with Gasteiger partial charge in [-0.15, -0.1) is 0 Å². The Morgan fingerprint density at radius 3 is 2.42 bits per heavy atom. The number of nitrogens with zero attached hydrogens (tertiary/aromatic N) is 2. The third kappa shape index (κ3) is 5.31. The zero-order valence-electron chi connectivity index (χ0n) is 14.7. The summed E-state index contributed by atoms with van der Waals surface area (Å²) in [6.07, 6.45) is 9.76. The van der Waals surface area contributed by atoms with Gasteiger partial charge in [0.05, 0.1) is 12.7 Å². The van der Waals surface area contributed by atoms with Gasteiger partial charge in [-0.2, -0.15) is 0 Å². The molecule has 0 aliphatic carbocycles. The molecular weight excluding hydrogens is 300 g/mol. The number of aliphatic hydroxyl groups is 1. The van der Waals surface area contributed by atoms with E-state index in [9.17, 15) is 5.11 Å². The fraction of sp³-hybridized carbons (Fsp3) is 0.500. The SMILES string of the molecule is CCCCCCCOc1ncc(-c2ccccc2C(O)CC)cn1. The van der Waals surface area contributed by atoms with E-state index in [1.54, 1.807) is 12.4 Å². The molecule has 2 aromatic rings. The summed E-state index contributed by atoms with van der Waals surface area (Å²) in [7, 11) is 0. The monoisotopic (exact) mass is 328 g/mol. The molecule has 0 spiro atoms. The summed E-state index contributed by atoms with van der Waals surface area (Å²) >= 11 is 0. The van der Waals surface area contributed by atoms with Crippen molar-refractivity contribution in [3.05, 3.63) is 42.2 Å². The summed E-state index contributed by atoms with van der Waals surface area (Å²) in [6.45, 7) is 4.84. The summed E-state index contributed by atoms with van der Waals surface area (Å²) in [6, 6.07) is 8.25. The molecule has 1 heterocycles. The third-order valence-corrected chi connectivity index (χ3v) is 4.12. The van der Waals surface area contributed by atoms with Crippen LogP contribution in [0.2, 0.25) is 0 Å². The molecule has 0 aliphatic heterocycles. The van der Waals surface area contributed by atoms with Gasteiger partial charge in [0.15, 0.2) is 0 Å². The smallest absolute Gasteiger partial charge is 0.316 e. The van der Waals surface area contributed by atoms with Gasteiger partial charge in [0.25, 0.3) is 0 Å². The number of aliphatic hydroxyl groups excluding tert-OH is 1. The highest BCUT2D eigenvalue weighted by molar-refractivity contribution is 5.66. The van der Waals surface area contributed by atoms with E-state index in [1.165, 1.54) is 25.7 Å². The normalized spacial score (nSPS) is 12.1. The van der Waals surface area contributed by atoms with Crippen LogP contribution in [0.3, 0.4) is 0 Å². The van der Waals surface area contributed by atoms with Crippen LogP contribution in [-0.2, 0) is 0 Å². The molecular formula is C20H28N2O2. The first-order chi connectivity index (χ1) is 11.8. The zero-order chi connectivity index (χ0) is 17.2. The van der Waals surface area contributed by atoms with Crippen molar-refractivity contribution in [2.24, 2.45) is 0 Å². The molecule has 130 valence electrons. The molecule has 2 rings (SSSR count). The highest BCUT2D eigenvalue weighted by atomic mass is 16.5. The van der Waals surface area contributed by atoms with Crippen LogP contribution in [-0.4, -0.2) is 21.7 Å². The van der Waals surface area contributed by atoms with Crippen LogP contribution >= 0.6 is 0 Å². The predicted molar refractivity (Wildman–Crippen MR) is 97.0 cm³/mol. The number of aromatic nitrogens is 2. The third-order valence-electron chi connectivity index (χ3n) is 4.12. The van der Waals surface area contributed by atoms with E-state index in [0.29, 0.717) is 19.0 Å². The molecule has 0 radical (unpaired) electrons. The van der Waals surface area contributed by atoms with Crippen LogP contribution in [0.25, 0.3) is 11.1 Å². The van der Waals surface area contributed by atoms with Crippen LogP contribution in [0.1, 0.15) is 64.0 Å². The van der Waals surface area contributed by atoms with E-state index in [1.807, 2.05) is 31.2 Å². The first-order valence-electron chi connectivity index (χ1n) is 8.98. The lowest BCUT2D eigenvalue weighted by Gasteiger charge is -2.14.